The number of nitrogens with one attached hydrogen (secondary N) is 1. The van der Waals surface area contributed by atoms with Crippen molar-refractivity contribution in [2.45, 2.75) is 31.0 Å². The molecule has 0 bridgehead atoms. The number of hydrogen-bond donors (Lipinski definition) is 2. The van der Waals surface area contributed by atoms with Gasteiger partial charge in [0, 0.05) is 12.6 Å². The average Bonchev–Trinajstić information content (AvgIpc) is 3.31. The summed E-state index contributed by atoms with van der Waals surface area (Å²) in [6.45, 7) is -0.0104. The number of nitrogens with zero attached hydrogens (tertiary/aromatic N) is 2. The van der Waals surface area contributed by atoms with Gasteiger partial charge in [0.2, 0.25) is 0 Å². The second-order valence-corrected chi connectivity index (χ2v) is 6.75. The number of aromatic nitrogens is 2. The van der Waals surface area contributed by atoms with E-state index in [-0.39, 0.29) is 18.8 Å². The predicted molar refractivity (Wildman–Crippen MR) is 101 cm³/mol. The Morgan fingerprint density at radius 3 is 2.61 bits per heavy atom. The van der Waals surface area contributed by atoms with Crippen molar-refractivity contribution in [3.8, 4) is 5.75 Å². The van der Waals surface area contributed by atoms with Gasteiger partial charge in [-0.25, -0.2) is 14.4 Å². The molecule has 0 aliphatic carbocycles. The van der Waals surface area contributed by atoms with Crippen molar-refractivity contribution in [3.63, 3.8) is 0 Å². The highest BCUT2D eigenvalue weighted by Gasteiger charge is 2.55. The molecule has 2 aliphatic rings. The van der Waals surface area contributed by atoms with Gasteiger partial charge in [-0.05, 0) is 30.3 Å². The van der Waals surface area contributed by atoms with E-state index in [1.165, 1.54) is 19.4 Å². The number of hydrogen-bond acceptors (Lipinski definition) is 11. The summed E-state index contributed by atoms with van der Waals surface area (Å²) in [4.78, 5) is 39.7. The van der Waals surface area contributed by atoms with Crippen molar-refractivity contribution in [1.29, 1.82) is 0 Å². The van der Waals surface area contributed by atoms with E-state index in [1.54, 1.807) is 29.7 Å². The van der Waals surface area contributed by atoms with Gasteiger partial charge in [-0.15, -0.1) is 0 Å². The van der Waals surface area contributed by atoms with E-state index in [0.29, 0.717) is 11.3 Å². The molecule has 12 nitrogen and oxygen atoms in total. The van der Waals surface area contributed by atoms with E-state index in [0.717, 1.165) is 4.57 Å². The summed E-state index contributed by atoms with van der Waals surface area (Å²) in [5.41, 5.74) is 1.41. The SMILES string of the molecule is COc1ccc(C(=O)OCC[C@H]2O[C@@H](n3ccc(NO)nc3=O)[C@@H]3OC(=O)O[C@@H]32)cc1. The Balaban J connectivity index is 1.41. The van der Waals surface area contributed by atoms with Crippen LogP contribution >= 0.6 is 0 Å². The monoisotopic (exact) mass is 433 g/mol. The highest BCUT2D eigenvalue weighted by Crippen LogP contribution is 2.38. The molecule has 0 unspecified atom stereocenters. The van der Waals surface area contributed by atoms with Crippen molar-refractivity contribution in [2.75, 3.05) is 19.2 Å². The molecular formula is C19H19N3O9. The van der Waals surface area contributed by atoms with E-state index in [1.807, 2.05) is 0 Å². The first kappa shape index (κ1) is 20.6. The summed E-state index contributed by atoms with van der Waals surface area (Å²) >= 11 is 0. The Labute approximate surface area is 175 Å². The Morgan fingerprint density at radius 1 is 1.19 bits per heavy atom. The van der Waals surface area contributed by atoms with Gasteiger partial charge in [-0.3, -0.25) is 15.3 Å². The number of rotatable bonds is 7. The smallest absolute Gasteiger partial charge is 0.497 e. The molecule has 3 heterocycles. The Kier molecular flexibility index (Phi) is 5.73. The highest BCUT2D eigenvalue weighted by molar-refractivity contribution is 5.89. The second kappa shape index (κ2) is 8.62. The second-order valence-electron chi connectivity index (χ2n) is 6.75. The van der Waals surface area contributed by atoms with Crippen molar-refractivity contribution < 1.29 is 38.5 Å². The van der Waals surface area contributed by atoms with Crippen molar-refractivity contribution >= 4 is 17.9 Å². The van der Waals surface area contributed by atoms with E-state index in [4.69, 9.17) is 28.9 Å². The molecule has 2 aliphatic heterocycles. The number of methoxy groups -OCH3 is 1. The van der Waals surface area contributed by atoms with E-state index in [2.05, 4.69) is 4.98 Å². The summed E-state index contributed by atoms with van der Waals surface area (Å²) in [7, 11) is 1.52. The van der Waals surface area contributed by atoms with Crippen LogP contribution in [0.25, 0.3) is 0 Å². The minimum atomic E-state index is -0.980. The van der Waals surface area contributed by atoms with Gasteiger partial charge in [-0.2, -0.15) is 4.98 Å². The van der Waals surface area contributed by atoms with Gasteiger partial charge in [0.1, 0.15) is 11.9 Å². The molecule has 4 atom stereocenters. The first-order valence-electron chi connectivity index (χ1n) is 9.33. The van der Waals surface area contributed by atoms with E-state index < -0.39 is 42.4 Å². The number of carbonyl (C=O) groups excluding carboxylic acids is 2. The molecule has 4 rings (SSSR count). The molecule has 12 heteroatoms. The third kappa shape index (κ3) is 4.15. The Bertz CT molecular complexity index is 1020. The molecule has 0 spiro atoms. The minimum absolute atomic E-state index is 0.0104. The van der Waals surface area contributed by atoms with Gasteiger partial charge in [0.15, 0.2) is 24.3 Å². The van der Waals surface area contributed by atoms with E-state index in [9.17, 15) is 14.4 Å². The van der Waals surface area contributed by atoms with Gasteiger partial charge < -0.3 is 23.7 Å². The quantitative estimate of drug-likeness (QED) is 0.478. The average molecular weight is 433 g/mol. The maximum absolute atomic E-state index is 12.2. The molecule has 0 saturated carbocycles. The number of benzene rings is 1. The molecule has 0 radical (unpaired) electrons. The number of ether oxygens (including phenoxy) is 5. The fraction of sp³-hybridized carbons (Fsp3) is 0.368. The molecule has 1 aromatic heterocycles. The number of anilines is 1. The van der Waals surface area contributed by atoms with Crippen molar-refractivity contribution in [3.05, 3.63) is 52.6 Å². The van der Waals surface area contributed by atoms with Crippen LogP contribution in [-0.2, 0) is 18.9 Å². The van der Waals surface area contributed by atoms with E-state index >= 15 is 0 Å². The molecule has 2 saturated heterocycles. The number of esters is 1. The van der Waals surface area contributed by atoms with Crippen molar-refractivity contribution in [2.24, 2.45) is 0 Å². The van der Waals surface area contributed by atoms with Crippen LogP contribution in [-0.4, -0.2) is 58.9 Å². The van der Waals surface area contributed by atoms with Crippen LogP contribution in [0.4, 0.5) is 10.6 Å². The first-order chi connectivity index (χ1) is 15.0. The molecule has 2 N–H and O–H groups in total. The fourth-order valence-corrected chi connectivity index (χ4v) is 3.43. The van der Waals surface area contributed by atoms with Gasteiger partial charge in [0.25, 0.3) is 0 Å². The predicted octanol–water partition coefficient (Wildman–Crippen LogP) is 1.10. The highest BCUT2D eigenvalue weighted by atomic mass is 16.8. The third-order valence-corrected chi connectivity index (χ3v) is 4.93. The van der Waals surface area contributed by atoms with Crippen LogP contribution in [0.15, 0.2) is 41.3 Å². The molecule has 2 fully saturated rings. The maximum atomic E-state index is 12.2. The lowest BCUT2D eigenvalue weighted by Crippen LogP contribution is -2.34. The zero-order valence-electron chi connectivity index (χ0n) is 16.3. The summed E-state index contributed by atoms with van der Waals surface area (Å²) in [5.74, 6) is 0.0435. The van der Waals surface area contributed by atoms with Crippen LogP contribution in [0.5, 0.6) is 5.75 Å². The largest absolute Gasteiger partial charge is 0.509 e. The molecule has 31 heavy (non-hydrogen) atoms. The topological polar surface area (TPSA) is 147 Å². The molecule has 164 valence electrons. The Hall–Kier alpha value is -3.64. The summed E-state index contributed by atoms with van der Waals surface area (Å²) in [6.07, 6.45) is -2.64. The van der Waals surface area contributed by atoms with Gasteiger partial charge in [-0.1, -0.05) is 0 Å². The van der Waals surface area contributed by atoms with Crippen LogP contribution in [0, 0.1) is 0 Å². The van der Waals surface area contributed by atoms with Gasteiger partial charge >= 0.3 is 17.8 Å². The zero-order chi connectivity index (χ0) is 22.0. The maximum Gasteiger partial charge on any atom is 0.509 e. The summed E-state index contributed by atoms with van der Waals surface area (Å²) in [5, 5.41) is 8.87. The molecule has 1 aromatic carbocycles. The van der Waals surface area contributed by atoms with Crippen LogP contribution in [0.2, 0.25) is 0 Å². The van der Waals surface area contributed by atoms with Crippen LogP contribution in [0.3, 0.4) is 0 Å². The van der Waals surface area contributed by atoms with Gasteiger partial charge in [0.05, 0.1) is 19.3 Å². The lowest BCUT2D eigenvalue weighted by molar-refractivity contribution is -0.0651. The first-order valence-corrected chi connectivity index (χ1v) is 9.33. The lowest BCUT2D eigenvalue weighted by Gasteiger charge is -2.18. The number of carbonyl (C=O) groups is 2. The molecule has 0 amide bonds. The third-order valence-electron chi connectivity index (χ3n) is 4.93. The zero-order valence-corrected chi connectivity index (χ0v) is 16.3. The lowest BCUT2D eigenvalue weighted by atomic mass is 10.1. The minimum Gasteiger partial charge on any atom is -0.497 e. The normalized spacial score (nSPS) is 24.1. The molecule has 2 aromatic rings. The fourth-order valence-electron chi connectivity index (χ4n) is 3.43. The summed E-state index contributed by atoms with van der Waals surface area (Å²) < 4.78 is 27.6. The van der Waals surface area contributed by atoms with Crippen molar-refractivity contribution in [1.82, 2.24) is 9.55 Å². The molecular weight excluding hydrogens is 414 g/mol. The Morgan fingerprint density at radius 2 is 1.94 bits per heavy atom. The summed E-state index contributed by atoms with van der Waals surface area (Å²) in [6, 6.07) is 7.79. The van der Waals surface area contributed by atoms with Crippen LogP contribution in [0.1, 0.15) is 23.0 Å². The van der Waals surface area contributed by atoms with Crippen LogP contribution < -0.4 is 15.9 Å². The number of fused-ring (bicyclic) bond motifs is 1. The standard InChI is InChI=1S/C19H19N3O9/c1-27-11-4-2-10(3-5-11)17(23)28-9-7-12-14-15(31-19(25)30-14)16(29-12)22-8-6-13(21-26)20-18(22)24/h2-6,8,12,14-16,26H,7,9H2,1H3,(H,20,21,24)/t12-,14-,15-,16-/m1/s1.